The molecule has 0 aliphatic carbocycles. The van der Waals surface area contributed by atoms with Crippen LogP contribution in [0.5, 0.6) is 0 Å². The molecule has 2 aromatic carbocycles. The van der Waals surface area contributed by atoms with Gasteiger partial charge in [0.25, 0.3) is 0 Å². The third kappa shape index (κ3) is 5.65. The second kappa shape index (κ2) is 8.16. The number of halogens is 3. The minimum absolute atomic E-state index is 0.110. The largest absolute Gasteiger partial charge is 0.416 e. The highest BCUT2D eigenvalue weighted by atomic mass is 19.4. The van der Waals surface area contributed by atoms with E-state index in [-0.39, 0.29) is 10.8 Å². The zero-order valence-corrected chi connectivity index (χ0v) is 19.1. The number of alkyl halides is 3. The van der Waals surface area contributed by atoms with Crippen LogP contribution in [-0.2, 0) is 17.0 Å². The molecule has 0 saturated carbocycles. The van der Waals surface area contributed by atoms with E-state index in [0.29, 0.717) is 11.5 Å². The van der Waals surface area contributed by atoms with Crippen LogP contribution < -0.4 is 0 Å². The van der Waals surface area contributed by atoms with Crippen LogP contribution in [0.1, 0.15) is 93.7 Å². The average Bonchev–Trinajstić information content (AvgIpc) is 2.58. The first-order chi connectivity index (χ1) is 13.1. The van der Waals surface area contributed by atoms with Crippen LogP contribution in [0.15, 0.2) is 36.4 Å². The smallest absolute Gasteiger partial charge is 0.166 e. The van der Waals surface area contributed by atoms with Gasteiger partial charge < -0.3 is 0 Å². The first-order valence-electron chi connectivity index (χ1n) is 10.4. The summed E-state index contributed by atoms with van der Waals surface area (Å²) >= 11 is 0. The number of aryl methyl sites for hydroxylation is 2. The van der Waals surface area contributed by atoms with Gasteiger partial charge in [-0.25, -0.2) is 0 Å². The van der Waals surface area contributed by atoms with E-state index in [9.17, 15) is 13.2 Å². The second-order valence-corrected chi connectivity index (χ2v) is 10.2. The second-order valence-electron chi connectivity index (χ2n) is 10.2. The molecule has 0 nitrogen and oxygen atoms in total. The van der Waals surface area contributed by atoms with Crippen LogP contribution in [0.25, 0.3) is 0 Å². The number of hydrogen-bond donors (Lipinski definition) is 0. The summed E-state index contributed by atoms with van der Waals surface area (Å²) in [7, 11) is 0. The van der Waals surface area contributed by atoms with E-state index in [2.05, 4.69) is 66.7 Å². The van der Waals surface area contributed by atoms with Gasteiger partial charge in [-0.05, 0) is 77.3 Å². The van der Waals surface area contributed by atoms with Gasteiger partial charge in [0.1, 0.15) is 0 Å². The lowest BCUT2D eigenvalue weighted by Gasteiger charge is -2.29. The van der Waals surface area contributed by atoms with Crippen molar-refractivity contribution in [3.05, 3.63) is 69.8 Å². The highest BCUT2D eigenvalue weighted by Crippen LogP contribution is 2.38. The summed E-state index contributed by atoms with van der Waals surface area (Å²) < 4.78 is 39.2. The van der Waals surface area contributed by atoms with Gasteiger partial charge >= 0.3 is 6.18 Å². The van der Waals surface area contributed by atoms with Crippen molar-refractivity contribution >= 4 is 0 Å². The Kier molecular flexibility index (Phi) is 6.62. The summed E-state index contributed by atoms with van der Waals surface area (Å²) in [6.07, 6.45) is -2.39. The standard InChI is InChI=1S/C26H35F3/c1-17-9-10-20(24(4,5)6)16-22(17)18(2)13-14-25(7,8)21-11-12-23(19(3)15-21)26(27,28)29/h9-12,15-16,18H,13-14H2,1-8H3. The molecule has 160 valence electrons. The summed E-state index contributed by atoms with van der Waals surface area (Å²) in [5, 5.41) is 0. The van der Waals surface area contributed by atoms with Crippen molar-refractivity contribution in [2.75, 3.05) is 0 Å². The molecule has 29 heavy (non-hydrogen) atoms. The molecule has 0 aromatic heterocycles. The summed E-state index contributed by atoms with van der Waals surface area (Å²) in [4.78, 5) is 0. The SMILES string of the molecule is Cc1ccc(C(C)(C)C)cc1C(C)CCC(C)(C)c1ccc(C(F)(F)F)c(C)c1. The maximum Gasteiger partial charge on any atom is 0.416 e. The van der Waals surface area contributed by atoms with E-state index < -0.39 is 11.7 Å². The molecule has 2 rings (SSSR count). The normalized spacial score (nSPS) is 14.2. The molecule has 0 aliphatic rings. The van der Waals surface area contributed by atoms with Crippen molar-refractivity contribution in [1.82, 2.24) is 0 Å². The molecule has 0 aliphatic heterocycles. The first kappa shape index (κ1) is 23.5. The fourth-order valence-electron chi connectivity index (χ4n) is 3.92. The van der Waals surface area contributed by atoms with E-state index in [4.69, 9.17) is 0 Å². The van der Waals surface area contributed by atoms with Gasteiger partial charge in [0.15, 0.2) is 0 Å². The number of benzene rings is 2. The lowest BCUT2D eigenvalue weighted by Crippen LogP contribution is -2.19. The molecule has 0 radical (unpaired) electrons. The molecule has 0 saturated heterocycles. The molecule has 0 bridgehead atoms. The van der Waals surface area contributed by atoms with Gasteiger partial charge in [0.05, 0.1) is 5.56 Å². The number of hydrogen-bond acceptors (Lipinski definition) is 0. The minimum atomic E-state index is -4.29. The van der Waals surface area contributed by atoms with Crippen LogP contribution >= 0.6 is 0 Å². The minimum Gasteiger partial charge on any atom is -0.166 e. The summed E-state index contributed by atoms with van der Waals surface area (Å²) in [5.41, 5.74) is 4.66. The van der Waals surface area contributed by atoms with Crippen molar-refractivity contribution in [2.24, 2.45) is 0 Å². The van der Waals surface area contributed by atoms with Crippen molar-refractivity contribution in [1.29, 1.82) is 0 Å². The van der Waals surface area contributed by atoms with Crippen molar-refractivity contribution < 1.29 is 13.2 Å². The van der Waals surface area contributed by atoms with Crippen LogP contribution in [-0.4, -0.2) is 0 Å². The zero-order chi connectivity index (χ0) is 22.2. The Balaban J connectivity index is 2.19. The van der Waals surface area contributed by atoms with Crippen molar-refractivity contribution in [2.45, 2.75) is 91.2 Å². The van der Waals surface area contributed by atoms with Gasteiger partial charge in [-0.15, -0.1) is 0 Å². The van der Waals surface area contributed by atoms with Crippen molar-refractivity contribution in [3.63, 3.8) is 0 Å². The fourth-order valence-corrected chi connectivity index (χ4v) is 3.92. The van der Waals surface area contributed by atoms with Gasteiger partial charge in [0, 0.05) is 0 Å². The van der Waals surface area contributed by atoms with Gasteiger partial charge in [-0.3, -0.25) is 0 Å². The molecule has 0 spiro atoms. The Morgan fingerprint density at radius 1 is 0.793 bits per heavy atom. The molecule has 1 unspecified atom stereocenters. The van der Waals surface area contributed by atoms with E-state index in [1.807, 2.05) is 0 Å². The van der Waals surface area contributed by atoms with E-state index >= 15 is 0 Å². The van der Waals surface area contributed by atoms with Crippen LogP contribution in [0.4, 0.5) is 13.2 Å². The highest BCUT2D eigenvalue weighted by molar-refractivity contribution is 5.38. The molecule has 0 N–H and O–H groups in total. The predicted molar refractivity (Wildman–Crippen MR) is 117 cm³/mol. The highest BCUT2D eigenvalue weighted by Gasteiger charge is 2.33. The fraction of sp³-hybridized carbons (Fsp3) is 0.538. The van der Waals surface area contributed by atoms with Crippen molar-refractivity contribution in [3.8, 4) is 0 Å². The molecule has 1 atom stereocenters. The third-order valence-corrected chi connectivity index (χ3v) is 6.19. The molecule has 0 heterocycles. The zero-order valence-electron chi connectivity index (χ0n) is 19.1. The Bertz CT molecular complexity index is 851. The Morgan fingerprint density at radius 2 is 1.38 bits per heavy atom. The first-order valence-corrected chi connectivity index (χ1v) is 10.4. The quantitative estimate of drug-likeness (QED) is 0.469. The maximum atomic E-state index is 13.1. The van der Waals surface area contributed by atoms with E-state index in [1.165, 1.54) is 22.8 Å². The monoisotopic (exact) mass is 404 g/mol. The third-order valence-electron chi connectivity index (χ3n) is 6.19. The lowest BCUT2D eigenvalue weighted by molar-refractivity contribution is -0.138. The molecule has 0 amide bonds. The Labute approximate surface area is 174 Å². The van der Waals surface area contributed by atoms with Crippen LogP contribution in [0.3, 0.4) is 0 Å². The Morgan fingerprint density at radius 3 is 1.90 bits per heavy atom. The Hall–Kier alpha value is -1.77. The molecule has 2 aromatic rings. The van der Waals surface area contributed by atoms with Crippen LogP contribution in [0, 0.1) is 13.8 Å². The molecule has 3 heteroatoms. The van der Waals surface area contributed by atoms with Crippen LogP contribution in [0.2, 0.25) is 0 Å². The lowest BCUT2D eigenvalue weighted by atomic mass is 9.76. The summed E-state index contributed by atoms with van der Waals surface area (Å²) in [6, 6.07) is 11.3. The predicted octanol–water partition coefficient (Wildman–Crippen LogP) is 8.48. The molecule has 0 fully saturated rings. The molecular weight excluding hydrogens is 369 g/mol. The van der Waals surface area contributed by atoms with Gasteiger partial charge in [-0.2, -0.15) is 13.2 Å². The van der Waals surface area contributed by atoms with E-state index in [1.54, 1.807) is 19.1 Å². The number of rotatable bonds is 5. The topological polar surface area (TPSA) is 0 Å². The average molecular weight is 405 g/mol. The maximum absolute atomic E-state index is 13.1. The summed E-state index contributed by atoms with van der Waals surface area (Å²) in [6.45, 7) is 16.9. The van der Waals surface area contributed by atoms with Gasteiger partial charge in [-0.1, -0.05) is 71.9 Å². The summed E-state index contributed by atoms with van der Waals surface area (Å²) in [5.74, 6) is 0.395. The van der Waals surface area contributed by atoms with E-state index in [0.717, 1.165) is 18.4 Å². The van der Waals surface area contributed by atoms with Gasteiger partial charge in [0.2, 0.25) is 0 Å². The molecular formula is C26H35F3.